The number of hydrogen-bond acceptors (Lipinski definition) is 4. The first-order chi connectivity index (χ1) is 11.6. The topological polar surface area (TPSA) is 53.7 Å². The van der Waals surface area contributed by atoms with Gasteiger partial charge in [-0.1, -0.05) is 25.1 Å². The van der Waals surface area contributed by atoms with Crippen LogP contribution in [-0.2, 0) is 6.54 Å². The Morgan fingerprint density at radius 3 is 2.75 bits per heavy atom. The molecule has 4 rings (SSSR count). The zero-order valence-corrected chi connectivity index (χ0v) is 13.8. The lowest BCUT2D eigenvalue weighted by molar-refractivity contribution is 0.175. The van der Waals surface area contributed by atoms with Gasteiger partial charge in [-0.05, 0) is 48.9 Å². The van der Waals surface area contributed by atoms with E-state index in [1.54, 1.807) is 12.1 Å². The van der Waals surface area contributed by atoms with Gasteiger partial charge in [0, 0.05) is 18.5 Å². The fourth-order valence-electron chi connectivity index (χ4n) is 3.80. The van der Waals surface area contributed by atoms with E-state index in [4.69, 9.17) is 4.42 Å². The smallest absolute Gasteiger partial charge is 0.344 e. The highest BCUT2D eigenvalue weighted by atomic mass is 16.4. The maximum atomic E-state index is 12.3. The molecule has 1 aromatic heterocycles. The molecule has 0 unspecified atom stereocenters. The maximum absolute atomic E-state index is 12.3. The molecule has 1 fully saturated rings. The van der Waals surface area contributed by atoms with Gasteiger partial charge in [-0.2, -0.15) is 0 Å². The molecule has 0 saturated carbocycles. The molecule has 4 heteroatoms. The highest BCUT2D eigenvalue weighted by Gasteiger charge is 2.20. The van der Waals surface area contributed by atoms with E-state index < -0.39 is 0 Å². The lowest BCUT2D eigenvalue weighted by Gasteiger charge is -2.31. The Morgan fingerprint density at radius 2 is 1.96 bits per heavy atom. The molecule has 1 N–H and O–H groups in total. The van der Waals surface area contributed by atoms with Crippen LogP contribution < -0.4 is 5.63 Å². The van der Waals surface area contributed by atoms with Crippen molar-refractivity contribution in [1.82, 2.24) is 4.90 Å². The molecule has 1 saturated heterocycles. The SMILES string of the molecule is C[C@@H]1CCCN(Cc2c(O)ccc3c2oc(=O)c2ccccc23)C1. The molecule has 24 heavy (non-hydrogen) atoms. The highest BCUT2D eigenvalue weighted by Crippen LogP contribution is 2.32. The van der Waals surface area contributed by atoms with Gasteiger partial charge in [0.2, 0.25) is 0 Å². The minimum Gasteiger partial charge on any atom is -0.507 e. The highest BCUT2D eigenvalue weighted by molar-refractivity contribution is 6.05. The van der Waals surface area contributed by atoms with Gasteiger partial charge in [0.15, 0.2) is 0 Å². The first-order valence-corrected chi connectivity index (χ1v) is 8.52. The molecule has 4 nitrogen and oxygen atoms in total. The molecule has 2 aromatic carbocycles. The summed E-state index contributed by atoms with van der Waals surface area (Å²) in [5.74, 6) is 0.850. The fraction of sp³-hybridized carbons (Fsp3) is 0.350. The van der Waals surface area contributed by atoms with Crippen molar-refractivity contribution in [3.8, 4) is 5.75 Å². The Bertz CT molecular complexity index is 960. The molecule has 1 aliphatic rings. The van der Waals surface area contributed by atoms with E-state index in [1.807, 2.05) is 24.3 Å². The van der Waals surface area contributed by atoms with Gasteiger partial charge in [0.25, 0.3) is 0 Å². The third-order valence-electron chi connectivity index (χ3n) is 4.99. The van der Waals surface area contributed by atoms with Gasteiger partial charge < -0.3 is 9.52 Å². The van der Waals surface area contributed by atoms with Crippen LogP contribution in [0.4, 0.5) is 0 Å². The standard InChI is InChI=1S/C20H21NO3/c1-13-5-4-10-21(11-13)12-17-18(22)9-8-15-14-6-2-3-7-16(14)20(23)24-19(15)17/h2-3,6-9,13,22H,4-5,10-12H2,1H3/t13-/m1/s1. The van der Waals surface area contributed by atoms with E-state index in [9.17, 15) is 9.90 Å². The predicted octanol–water partition coefficient (Wildman–Crippen LogP) is 3.88. The van der Waals surface area contributed by atoms with Crippen molar-refractivity contribution in [2.24, 2.45) is 5.92 Å². The molecule has 1 aliphatic heterocycles. The molecule has 124 valence electrons. The molecule has 0 radical (unpaired) electrons. The van der Waals surface area contributed by atoms with E-state index in [1.165, 1.54) is 12.8 Å². The summed E-state index contributed by atoms with van der Waals surface area (Å²) in [5.41, 5.74) is 0.873. The van der Waals surface area contributed by atoms with Gasteiger partial charge in [-0.3, -0.25) is 4.90 Å². The second-order valence-corrected chi connectivity index (χ2v) is 6.86. The molecule has 0 bridgehead atoms. The van der Waals surface area contributed by atoms with Crippen LogP contribution >= 0.6 is 0 Å². The van der Waals surface area contributed by atoms with Gasteiger partial charge in [-0.25, -0.2) is 4.79 Å². The summed E-state index contributed by atoms with van der Waals surface area (Å²) >= 11 is 0. The van der Waals surface area contributed by atoms with E-state index in [-0.39, 0.29) is 11.4 Å². The van der Waals surface area contributed by atoms with Gasteiger partial charge in [-0.15, -0.1) is 0 Å². The van der Waals surface area contributed by atoms with Gasteiger partial charge >= 0.3 is 5.63 Å². The summed E-state index contributed by atoms with van der Waals surface area (Å²) in [6.45, 7) is 4.88. The monoisotopic (exact) mass is 323 g/mol. The van der Waals surface area contributed by atoms with E-state index >= 15 is 0 Å². The Balaban J connectivity index is 1.88. The van der Waals surface area contributed by atoms with Crippen LogP contribution in [-0.4, -0.2) is 23.1 Å². The minimum atomic E-state index is -0.350. The largest absolute Gasteiger partial charge is 0.507 e. The number of fused-ring (bicyclic) bond motifs is 3. The normalized spacial score (nSPS) is 19.1. The van der Waals surface area contributed by atoms with Crippen LogP contribution in [0.5, 0.6) is 5.75 Å². The summed E-state index contributed by atoms with van der Waals surface area (Å²) in [5, 5.41) is 12.7. The number of piperidine rings is 1. The van der Waals surface area contributed by atoms with Crippen LogP contribution in [0.2, 0.25) is 0 Å². The zero-order chi connectivity index (χ0) is 16.7. The Hall–Kier alpha value is -2.33. The van der Waals surface area contributed by atoms with Crippen molar-refractivity contribution in [1.29, 1.82) is 0 Å². The van der Waals surface area contributed by atoms with Crippen LogP contribution in [0.3, 0.4) is 0 Å². The van der Waals surface area contributed by atoms with Crippen molar-refractivity contribution < 1.29 is 9.52 Å². The third kappa shape index (κ3) is 2.57. The molecular weight excluding hydrogens is 302 g/mol. The predicted molar refractivity (Wildman–Crippen MR) is 95.3 cm³/mol. The van der Waals surface area contributed by atoms with Gasteiger partial charge in [0.05, 0.1) is 10.9 Å². The van der Waals surface area contributed by atoms with Crippen molar-refractivity contribution in [2.45, 2.75) is 26.3 Å². The van der Waals surface area contributed by atoms with E-state index in [2.05, 4.69) is 11.8 Å². The third-order valence-corrected chi connectivity index (χ3v) is 4.99. The second kappa shape index (κ2) is 5.95. The number of nitrogens with zero attached hydrogens (tertiary/aromatic N) is 1. The fourth-order valence-corrected chi connectivity index (χ4v) is 3.80. The number of phenols is 1. The summed E-state index contributed by atoms with van der Waals surface area (Å²) in [4.78, 5) is 14.7. The van der Waals surface area contributed by atoms with Crippen LogP contribution in [0, 0.1) is 5.92 Å². The molecule has 0 amide bonds. The number of aromatic hydroxyl groups is 1. The molecule has 3 aromatic rings. The minimum absolute atomic E-state index is 0.194. The molecule has 0 aliphatic carbocycles. The summed E-state index contributed by atoms with van der Waals surface area (Å²) in [7, 11) is 0. The average molecular weight is 323 g/mol. The van der Waals surface area contributed by atoms with Crippen molar-refractivity contribution in [3.63, 3.8) is 0 Å². The molecule has 2 heterocycles. The molecule has 0 spiro atoms. The van der Waals surface area contributed by atoms with Crippen LogP contribution in [0.1, 0.15) is 25.3 Å². The summed E-state index contributed by atoms with van der Waals surface area (Å²) < 4.78 is 5.61. The maximum Gasteiger partial charge on any atom is 0.344 e. The Labute approximate surface area is 140 Å². The second-order valence-electron chi connectivity index (χ2n) is 6.86. The van der Waals surface area contributed by atoms with Crippen LogP contribution in [0.25, 0.3) is 21.7 Å². The van der Waals surface area contributed by atoms with Gasteiger partial charge in [0.1, 0.15) is 11.3 Å². The number of benzene rings is 2. The first kappa shape index (κ1) is 15.2. The van der Waals surface area contributed by atoms with Crippen molar-refractivity contribution in [2.75, 3.05) is 13.1 Å². The zero-order valence-electron chi connectivity index (χ0n) is 13.8. The quantitative estimate of drug-likeness (QED) is 0.574. The lowest BCUT2D eigenvalue weighted by atomic mass is 9.99. The van der Waals surface area contributed by atoms with Crippen molar-refractivity contribution in [3.05, 3.63) is 52.4 Å². The number of phenolic OH excluding ortho intramolecular Hbond substituents is 1. The lowest BCUT2D eigenvalue weighted by Crippen LogP contribution is -2.33. The Kier molecular flexibility index (Phi) is 3.77. The molecular formula is C20H21NO3. The summed E-state index contributed by atoms with van der Waals surface area (Å²) in [6.07, 6.45) is 2.41. The van der Waals surface area contributed by atoms with Crippen LogP contribution in [0.15, 0.2) is 45.6 Å². The van der Waals surface area contributed by atoms with E-state index in [0.717, 1.165) is 23.9 Å². The summed E-state index contributed by atoms with van der Waals surface area (Å²) in [6, 6.07) is 11.0. The first-order valence-electron chi connectivity index (χ1n) is 8.52. The number of rotatable bonds is 2. The number of hydrogen-bond donors (Lipinski definition) is 1. The number of likely N-dealkylation sites (tertiary alicyclic amines) is 1. The molecule has 1 atom stereocenters. The van der Waals surface area contributed by atoms with E-state index in [0.29, 0.717) is 29.0 Å². The average Bonchev–Trinajstić information content (AvgIpc) is 2.58. The van der Waals surface area contributed by atoms with Crippen molar-refractivity contribution >= 4 is 21.7 Å². The Morgan fingerprint density at radius 1 is 1.17 bits per heavy atom.